The topological polar surface area (TPSA) is 22.1 Å². The van der Waals surface area contributed by atoms with Crippen molar-refractivity contribution in [1.29, 1.82) is 0 Å². The molecule has 0 fully saturated rings. The van der Waals surface area contributed by atoms with E-state index in [0.717, 1.165) is 21.1 Å². The van der Waals surface area contributed by atoms with E-state index in [2.05, 4.69) is 20.9 Å². The van der Waals surface area contributed by atoms with Crippen LogP contribution in [0.1, 0.15) is 6.92 Å². The molecular formula is C11H10BrNO. The van der Waals surface area contributed by atoms with Gasteiger partial charge in [-0.2, -0.15) is 0 Å². The Hall–Kier alpha value is -1.09. The second kappa shape index (κ2) is 3.96. The maximum Gasteiger partial charge on any atom is 0.145 e. The van der Waals surface area contributed by atoms with E-state index < -0.39 is 0 Å². The fourth-order valence-electron chi connectivity index (χ4n) is 1.40. The van der Waals surface area contributed by atoms with E-state index in [9.17, 15) is 0 Å². The summed E-state index contributed by atoms with van der Waals surface area (Å²) in [7, 11) is 0. The lowest BCUT2D eigenvalue weighted by atomic mass is 10.2. The van der Waals surface area contributed by atoms with Gasteiger partial charge >= 0.3 is 0 Å². The third-order valence-corrected chi connectivity index (χ3v) is 2.64. The van der Waals surface area contributed by atoms with Gasteiger partial charge in [-0.15, -0.1) is 0 Å². The first kappa shape index (κ1) is 9.46. The lowest BCUT2D eigenvalue weighted by Gasteiger charge is -2.07. The summed E-state index contributed by atoms with van der Waals surface area (Å²) >= 11 is 3.42. The summed E-state index contributed by atoms with van der Waals surface area (Å²) in [5.41, 5.74) is 0. The Morgan fingerprint density at radius 2 is 2.00 bits per heavy atom. The van der Waals surface area contributed by atoms with Crippen molar-refractivity contribution in [1.82, 2.24) is 4.98 Å². The monoisotopic (exact) mass is 251 g/mol. The molecule has 14 heavy (non-hydrogen) atoms. The summed E-state index contributed by atoms with van der Waals surface area (Å²) in [5.74, 6) is 0.839. The van der Waals surface area contributed by atoms with Crippen molar-refractivity contribution in [3.8, 4) is 5.75 Å². The number of rotatable bonds is 2. The molecule has 0 N–H and O–H groups in total. The predicted octanol–water partition coefficient (Wildman–Crippen LogP) is 3.40. The molecule has 0 atom stereocenters. The largest absolute Gasteiger partial charge is 0.492 e. The molecule has 0 aliphatic heterocycles. The second-order valence-corrected chi connectivity index (χ2v) is 3.64. The minimum Gasteiger partial charge on any atom is -0.492 e. The van der Waals surface area contributed by atoms with Gasteiger partial charge in [-0.05, 0) is 22.9 Å². The highest BCUT2D eigenvalue weighted by Crippen LogP contribution is 2.29. The number of ether oxygens (including phenoxy) is 1. The Balaban J connectivity index is 2.68. The lowest BCUT2D eigenvalue weighted by molar-refractivity contribution is 0.343. The van der Waals surface area contributed by atoms with Gasteiger partial charge in [0.25, 0.3) is 0 Å². The van der Waals surface area contributed by atoms with Crippen molar-refractivity contribution >= 4 is 26.7 Å². The van der Waals surface area contributed by atoms with Crippen molar-refractivity contribution in [3.05, 3.63) is 35.1 Å². The number of aromatic nitrogens is 1. The second-order valence-electron chi connectivity index (χ2n) is 2.89. The van der Waals surface area contributed by atoms with Crippen molar-refractivity contribution in [3.63, 3.8) is 0 Å². The predicted molar refractivity (Wildman–Crippen MR) is 60.6 cm³/mol. The smallest absolute Gasteiger partial charge is 0.145 e. The normalized spacial score (nSPS) is 10.4. The van der Waals surface area contributed by atoms with Crippen LogP contribution in [0.5, 0.6) is 5.75 Å². The van der Waals surface area contributed by atoms with E-state index in [1.807, 2.05) is 31.2 Å². The molecule has 2 aromatic rings. The van der Waals surface area contributed by atoms with Gasteiger partial charge in [0.1, 0.15) is 10.4 Å². The number of benzene rings is 1. The van der Waals surface area contributed by atoms with Crippen molar-refractivity contribution in [2.45, 2.75) is 6.92 Å². The highest BCUT2D eigenvalue weighted by atomic mass is 79.9. The molecule has 0 spiro atoms. The molecular weight excluding hydrogens is 242 g/mol. The van der Waals surface area contributed by atoms with Crippen LogP contribution in [0.15, 0.2) is 35.1 Å². The van der Waals surface area contributed by atoms with Crippen LogP contribution in [0, 0.1) is 0 Å². The zero-order chi connectivity index (χ0) is 9.97. The molecule has 0 amide bonds. The van der Waals surface area contributed by atoms with Gasteiger partial charge in [0, 0.05) is 10.8 Å². The van der Waals surface area contributed by atoms with E-state index in [0.29, 0.717) is 6.61 Å². The summed E-state index contributed by atoms with van der Waals surface area (Å²) < 4.78 is 6.35. The Morgan fingerprint density at radius 3 is 2.71 bits per heavy atom. The third kappa shape index (κ3) is 1.60. The van der Waals surface area contributed by atoms with Crippen LogP contribution in [0.2, 0.25) is 0 Å². The van der Waals surface area contributed by atoms with Gasteiger partial charge in [0.05, 0.1) is 12.8 Å². The molecule has 0 aliphatic rings. The molecule has 72 valence electrons. The average Bonchev–Trinajstić information content (AvgIpc) is 2.23. The first-order valence-corrected chi connectivity index (χ1v) is 5.28. The number of hydrogen-bond donors (Lipinski definition) is 0. The summed E-state index contributed by atoms with van der Waals surface area (Å²) in [5, 5.41) is 2.18. The van der Waals surface area contributed by atoms with Crippen LogP contribution in [-0.4, -0.2) is 11.6 Å². The summed E-state index contributed by atoms with van der Waals surface area (Å²) in [4.78, 5) is 4.22. The first-order valence-electron chi connectivity index (χ1n) is 4.49. The fraction of sp³-hybridized carbons (Fsp3) is 0.182. The Kier molecular flexibility index (Phi) is 2.68. The average molecular weight is 252 g/mol. The molecule has 0 aliphatic carbocycles. The molecule has 0 bridgehead atoms. The zero-order valence-corrected chi connectivity index (χ0v) is 9.41. The van der Waals surface area contributed by atoms with Crippen LogP contribution in [0.3, 0.4) is 0 Å². The standard InChI is InChI=1S/C11H10BrNO/c1-2-14-10-7-13-11(12)9-6-4-3-5-8(9)10/h3-7H,2H2,1H3. The molecule has 2 rings (SSSR count). The summed E-state index contributed by atoms with van der Waals surface area (Å²) in [6.45, 7) is 2.63. The van der Waals surface area contributed by atoms with Crippen molar-refractivity contribution in [2.75, 3.05) is 6.61 Å². The Labute approximate surface area is 91.0 Å². The number of pyridine rings is 1. The molecule has 0 unspecified atom stereocenters. The molecule has 1 heterocycles. The van der Waals surface area contributed by atoms with Crippen LogP contribution < -0.4 is 4.74 Å². The number of halogens is 1. The summed E-state index contributed by atoms with van der Waals surface area (Å²) in [6, 6.07) is 8.05. The maximum absolute atomic E-state index is 5.49. The van der Waals surface area contributed by atoms with Gasteiger partial charge in [-0.25, -0.2) is 4.98 Å². The number of nitrogens with zero attached hydrogens (tertiary/aromatic N) is 1. The van der Waals surface area contributed by atoms with E-state index in [1.165, 1.54) is 0 Å². The Bertz CT molecular complexity index is 456. The van der Waals surface area contributed by atoms with Crippen LogP contribution in [0.25, 0.3) is 10.8 Å². The van der Waals surface area contributed by atoms with Gasteiger partial charge in [-0.1, -0.05) is 24.3 Å². The van der Waals surface area contributed by atoms with Gasteiger partial charge in [-0.3, -0.25) is 0 Å². The van der Waals surface area contributed by atoms with Crippen LogP contribution in [0.4, 0.5) is 0 Å². The number of fused-ring (bicyclic) bond motifs is 1. The molecule has 1 aromatic carbocycles. The van der Waals surface area contributed by atoms with Crippen molar-refractivity contribution < 1.29 is 4.74 Å². The van der Waals surface area contributed by atoms with E-state index in [-0.39, 0.29) is 0 Å². The SMILES string of the molecule is CCOc1cnc(Br)c2ccccc12. The molecule has 0 radical (unpaired) electrons. The zero-order valence-electron chi connectivity index (χ0n) is 7.83. The van der Waals surface area contributed by atoms with Gasteiger partial charge in [0.2, 0.25) is 0 Å². The van der Waals surface area contributed by atoms with Crippen LogP contribution >= 0.6 is 15.9 Å². The van der Waals surface area contributed by atoms with Gasteiger partial charge in [0.15, 0.2) is 0 Å². The highest BCUT2D eigenvalue weighted by Gasteiger charge is 2.04. The van der Waals surface area contributed by atoms with Crippen LogP contribution in [-0.2, 0) is 0 Å². The van der Waals surface area contributed by atoms with E-state index in [4.69, 9.17) is 4.74 Å². The molecule has 2 nitrogen and oxygen atoms in total. The minimum absolute atomic E-state index is 0.660. The summed E-state index contributed by atoms with van der Waals surface area (Å²) in [6.07, 6.45) is 1.75. The Morgan fingerprint density at radius 1 is 1.29 bits per heavy atom. The molecule has 0 saturated heterocycles. The van der Waals surface area contributed by atoms with Gasteiger partial charge < -0.3 is 4.74 Å². The molecule has 0 saturated carbocycles. The van der Waals surface area contributed by atoms with E-state index >= 15 is 0 Å². The third-order valence-electron chi connectivity index (χ3n) is 2.01. The minimum atomic E-state index is 0.660. The fourth-order valence-corrected chi connectivity index (χ4v) is 1.85. The highest BCUT2D eigenvalue weighted by molar-refractivity contribution is 9.10. The first-order chi connectivity index (χ1) is 6.83. The quantitative estimate of drug-likeness (QED) is 0.764. The number of hydrogen-bond acceptors (Lipinski definition) is 2. The lowest BCUT2D eigenvalue weighted by Crippen LogP contribution is -1.93. The maximum atomic E-state index is 5.49. The molecule has 3 heteroatoms. The molecule has 1 aromatic heterocycles. The van der Waals surface area contributed by atoms with E-state index in [1.54, 1.807) is 6.20 Å². The van der Waals surface area contributed by atoms with Crippen molar-refractivity contribution in [2.24, 2.45) is 0 Å².